The maximum atomic E-state index is 12.9. The number of carbonyl (C=O) groups excluding carboxylic acids is 4. The lowest BCUT2D eigenvalue weighted by atomic mass is 9.89. The Labute approximate surface area is 676 Å². The highest BCUT2D eigenvalue weighted by atomic mass is 16.5. The number of hydrogen-bond acceptors (Lipinski definition) is 24. The molecule has 0 spiro atoms. The zero-order chi connectivity index (χ0) is 81.1. The van der Waals surface area contributed by atoms with Crippen LogP contribution in [-0.4, -0.2) is 175 Å². The van der Waals surface area contributed by atoms with Crippen molar-refractivity contribution in [1.29, 1.82) is 0 Å². The van der Waals surface area contributed by atoms with Gasteiger partial charge in [-0.05, 0) is 137 Å². The maximum absolute atomic E-state index is 12.9. The van der Waals surface area contributed by atoms with Crippen molar-refractivity contribution in [1.82, 2.24) is 99.4 Å². The summed E-state index contributed by atoms with van der Waals surface area (Å²) in [5, 5.41) is 54.3. The number of hydrogen-bond donors (Lipinski definition) is 7. The van der Waals surface area contributed by atoms with Gasteiger partial charge in [0.2, 0.25) is 0 Å². The number of ether oxygens (including phenoxy) is 4. The van der Waals surface area contributed by atoms with Gasteiger partial charge in [0.15, 0.2) is 23.0 Å². The lowest BCUT2D eigenvalue weighted by Crippen LogP contribution is -2.33. The quantitative estimate of drug-likeness (QED) is 0.0295. The Morgan fingerprint density at radius 1 is 0.387 bits per heavy atom. The lowest BCUT2D eigenvalue weighted by molar-refractivity contribution is -0.0285. The predicted molar refractivity (Wildman–Crippen MR) is 431 cm³/mol. The van der Waals surface area contributed by atoms with Gasteiger partial charge in [0.05, 0.1) is 155 Å². The Balaban J connectivity index is 0.000000114. The molecule has 7 N–H and O–H groups in total. The zero-order valence-electron chi connectivity index (χ0n) is 64.3. The summed E-state index contributed by atoms with van der Waals surface area (Å²) in [7, 11) is 1.82. The van der Waals surface area contributed by atoms with Crippen LogP contribution in [0, 0.1) is 0 Å². The minimum absolute atomic E-state index is 0.156. The highest BCUT2D eigenvalue weighted by Gasteiger charge is 2.36. The van der Waals surface area contributed by atoms with Gasteiger partial charge >= 0.3 is 0 Å². The Bertz CT molecular complexity index is 5850. The predicted octanol–water partition coefficient (Wildman–Crippen LogP) is 13.4. The van der Waals surface area contributed by atoms with Gasteiger partial charge in [0, 0.05) is 94.6 Å². The standard InChI is InChI=1S/2C22H22N6O3.C20H18N6O3.C19H16N6O3/c2*1-2-30-16-9-15(10-16)28-13-18(21(27-28)17-5-3-4-8-23-17)26-22(29)20-7-6-19(31-20)14-11-24-25-12-14;1-25-9-13(8-22-25)17-5-6-18(29-17)20(27)23-16-10-26(14-11-28-12-14)24-19(16)15-4-2-3-7-21-15;26-19(17-5-4-16(28-17)12-7-21-22-8-12)23-15-9-25(13-10-27-11-13)24-18(15)14-3-1-2-6-20-14/h2*3-8,11-13,15-16H,2,9-10H2,1H3,(H,24,25)(H,26,29);2-10,14H,11-12H2,1H3,(H,23,27);1-9,13H,10-11H2,(H,21,22)(H,23,26). The van der Waals surface area contributed by atoms with Crippen molar-refractivity contribution in [3.63, 3.8) is 0 Å². The SMILES string of the molecule is CCOC1CC(n2cc(NC(=O)c3ccc(-c4cn[nH]c4)o3)c(-c3ccccn3)n2)C1.CCOC1CC(n2cc(NC(=O)c3ccc(-c4cn[nH]c4)o3)c(-c3ccccn3)n2)C1.Cn1cc(-c2ccc(C(=O)Nc3cn(C4COC4)nc3-c3ccccn3)o2)cn1.O=C(Nc1cn(C2COC2)nc1-c1ccccn1)c1ccc(-c2cn[nH]c2)o1. The van der Waals surface area contributed by atoms with Crippen LogP contribution < -0.4 is 21.3 Å². The molecule has 602 valence electrons. The first-order chi connectivity index (χ1) is 58.4. The molecule has 18 heterocycles. The summed E-state index contributed by atoms with van der Waals surface area (Å²) in [6.07, 6.45) is 31.8. The molecule has 4 fully saturated rings. The van der Waals surface area contributed by atoms with Crippen LogP contribution in [0.5, 0.6) is 0 Å². The first-order valence-corrected chi connectivity index (χ1v) is 38.4. The van der Waals surface area contributed by atoms with Crippen molar-refractivity contribution >= 4 is 46.4 Å². The summed E-state index contributed by atoms with van der Waals surface area (Å²) in [5.74, 6) is 1.65. The normalized spacial score (nSPS) is 16.1. The average molecular weight is 1600 g/mol. The Morgan fingerprint density at radius 2 is 0.689 bits per heavy atom. The molecule has 0 aromatic carbocycles. The van der Waals surface area contributed by atoms with E-state index in [0.29, 0.717) is 131 Å². The summed E-state index contributed by atoms with van der Waals surface area (Å²) in [6.45, 7) is 7.82. The summed E-state index contributed by atoms with van der Waals surface area (Å²) < 4.78 is 53.7. The first-order valence-electron chi connectivity index (χ1n) is 38.4. The Kier molecular flexibility index (Phi) is 22.6. The van der Waals surface area contributed by atoms with Gasteiger partial charge in [-0.15, -0.1) is 0 Å². The zero-order valence-corrected chi connectivity index (χ0v) is 64.3. The molecular weight excluding hydrogens is 1530 g/mol. The van der Waals surface area contributed by atoms with Gasteiger partial charge in [-0.1, -0.05) is 24.3 Å². The van der Waals surface area contributed by atoms with E-state index in [9.17, 15) is 19.2 Å². The van der Waals surface area contributed by atoms with Crippen molar-refractivity contribution in [2.24, 2.45) is 7.05 Å². The molecule has 0 radical (unpaired) electrons. The van der Waals surface area contributed by atoms with Crippen molar-refractivity contribution in [3.8, 4) is 90.8 Å². The van der Waals surface area contributed by atoms with Crippen molar-refractivity contribution in [2.75, 3.05) is 60.9 Å². The fourth-order valence-corrected chi connectivity index (χ4v) is 13.4. The number of nitrogens with zero attached hydrogens (tertiary/aromatic N) is 17. The minimum atomic E-state index is -0.365. The fourth-order valence-electron chi connectivity index (χ4n) is 13.4. The molecule has 0 unspecified atom stereocenters. The van der Waals surface area contributed by atoms with Crippen LogP contribution >= 0.6 is 0 Å². The van der Waals surface area contributed by atoms with Crippen LogP contribution in [0.2, 0.25) is 0 Å². The van der Waals surface area contributed by atoms with Gasteiger partial charge in [-0.3, -0.25) is 77.8 Å². The van der Waals surface area contributed by atoms with Gasteiger partial charge in [0.25, 0.3) is 23.6 Å². The number of carbonyl (C=O) groups is 4. The number of rotatable bonds is 24. The molecule has 4 amide bonds. The summed E-state index contributed by atoms with van der Waals surface area (Å²) in [6, 6.07) is 36.7. The van der Waals surface area contributed by atoms with E-state index < -0.39 is 0 Å². The molecule has 2 aliphatic carbocycles. The smallest absolute Gasteiger partial charge is 0.291 e. The highest BCUT2D eigenvalue weighted by Crippen LogP contribution is 2.40. The van der Waals surface area contributed by atoms with E-state index in [0.717, 1.165) is 47.9 Å². The second kappa shape index (κ2) is 35.1. The molecule has 4 aliphatic rings. The van der Waals surface area contributed by atoms with Crippen LogP contribution in [0.4, 0.5) is 22.7 Å². The molecule has 2 aliphatic heterocycles. The van der Waals surface area contributed by atoms with Crippen molar-refractivity contribution < 1.29 is 55.8 Å². The third-order valence-electron chi connectivity index (χ3n) is 19.9. The number of H-pyrrole nitrogens is 3. The molecule has 36 heteroatoms. The average Bonchev–Trinajstić information content (AvgIpc) is 1.66. The van der Waals surface area contributed by atoms with E-state index >= 15 is 0 Å². The first kappa shape index (κ1) is 76.7. The molecule has 2 saturated heterocycles. The minimum Gasteiger partial charge on any atom is -0.451 e. The number of pyridine rings is 4. The van der Waals surface area contributed by atoms with Crippen LogP contribution in [0.15, 0.2) is 238 Å². The molecule has 16 aromatic rings. The number of aryl methyl sites for hydroxylation is 1. The van der Waals surface area contributed by atoms with E-state index in [1.54, 1.807) is 134 Å². The molecule has 2 saturated carbocycles. The second-order valence-corrected chi connectivity index (χ2v) is 28.0. The van der Waals surface area contributed by atoms with Crippen LogP contribution in [-0.2, 0) is 26.0 Å². The number of aromatic nitrogens is 20. The van der Waals surface area contributed by atoms with Crippen molar-refractivity contribution in [2.45, 2.75) is 75.9 Å². The number of aromatic amines is 3. The van der Waals surface area contributed by atoms with E-state index in [4.69, 9.17) is 46.8 Å². The Morgan fingerprint density at radius 3 is 0.933 bits per heavy atom. The lowest BCUT2D eigenvalue weighted by Gasteiger charge is -2.34. The van der Waals surface area contributed by atoms with E-state index in [2.05, 4.69) is 87.1 Å². The molecule has 20 rings (SSSR count). The highest BCUT2D eigenvalue weighted by molar-refractivity contribution is 6.07. The van der Waals surface area contributed by atoms with E-state index in [-0.39, 0.29) is 83.0 Å². The summed E-state index contributed by atoms with van der Waals surface area (Å²) >= 11 is 0. The van der Waals surface area contributed by atoms with Crippen molar-refractivity contribution in [3.05, 3.63) is 244 Å². The molecular formula is C83H78N24O12. The number of amides is 4. The van der Waals surface area contributed by atoms with Gasteiger partial charge in [-0.2, -0.15) is 40.8 Å². The molecule has 0 bridgehead atoms. The molecule has 36 nitrogen and oxygen atoms in total. The van der Waals surface area contributed by atoms with Gasteiger partial charge in [0.1, 0.15) is 45.8 Å². The molecule has 119 heavy (non-hydrogen) atoms. The number of nitrogens with one attached hydrogen (secondary N) is 7. The fraction of sp³-hybridized carbons (Fsp3) is 0.229. The number of furan rings is 4. The van der Waals surface area contributed by atoms with Crippen LogP contribution in [0.25, 0.3) is 90.8 Å². The van der Waals surface area contributed by atoms with E-state index in [1.165, 1.54) is 0 Å². The third-order valence-corrected chi connectivity index (χ3v) is 19.9. The second-order valence-electron chi connectivity index (χ2n) is 28.0. The molecule has 0 atom stereocenters. The Hall–Kier alpha value is -14.9. The largest absolute Gasteiger partial charge is 0.451 e. The molecule has 16 aromatic heterocycles. The van der Waals surface area contributed by atoms with E-state index in [1.807, 2.05) is 131 Å². The summed E-state index contributed by atoms with van der Waals surface area (Å²) in [4.78, 5) is 68.8. The third kappa shape index (κ3) is 17.5. The van der Waals surface area contributed by atoms with Crippen LogP contribution in [0.1, 0.15) is 106 Å². The van der Waals surface area contributed by atoms with Gasteiger partial charge < -0.3 is 57.9 Å². The summed E-state index contributed by atoms with van der Waals surface area (Å²) in [5.41, 5.74) is 10.6. The van der Waals surface area contributed by atoms with Crippen LogP contribution in [0.3, 0.4) is 0 Å². The topological polar surface area (TPSA) is 433 Å². The number of anilines is 4. The van der Waals surface area contributed by atoms with Gasteiger partial charge in [-0.25, -0.2) is 0 Å². The monoisotopic (exact) mass is 1600 g/mol. The maximum Gasteiger partial charge on any atom is 0.291 e.